The number of imide groups is 1. The maximum atomic E-state index is 11.1. The van der Waals surface area contributed by atoms with Crippen molar-refractivity contribution in [3.8, 4) is 0 Å². The van der Waals surface area contributed by atoms with Crippen LogP contribution in [0.4, 0.5) is 4.79 Å². The third kappa shape index (κ3) is 1.98. The highest BCUT2D eigenvalue weighted by atomic mass is 32.2. The van der Waals surface area contributed by atoms with Crippen LogP contribution in [-0.2, 0) is 4.79 Å². The minimum absolute atomic E-state index is 0.194. The summed E-state index contributed by atoms with van der Waals surface area (Å²) in [6.45, 7) is 2.87. The van der Waals surface area contributed by atoms with Crippen LogP contribution >= 0.6 is 11.8 Å². The average Bonchev–Trinajstić information content (AvgIpc) is 2.30. The molecule has 1 aliphatic heterocycles. The first-order valence-corrected chi connectivity index (χ1v) is 4.75. The van der Waals surface area contributed by atoms with Crippen LogP contribution in [0.25, 0.3) is 0 Å². The van der Waals surface area contributed by atoms with Crippen molar-refractivity contribution in [3.63, 3.8) is 0 Å². The van der Waals surface area contributed by atoms with Gasteiger partial charge < -0.3 is 0 Å². The van der Waals surface area contributed by atoms with E-state index in [4.69, 9.17) is 0 Å². The maximum absolute atomic E-state index is 11.1. The van der Waals surface area contributed by atoms with Gasteiger partial charge in [-0.05, 0) is 31.8 Å². The van der Waals surface area contributed by atoms with Crippen molar-refractivity contribution < 1.29 is 9.59 Å². The predicted octanol–water partition coefficient (Wildman–Crippen LogP) is 0.637. The zero-order valence-electron chi connectivity index (χ0n) is 7.16. The van der Waals surface area contributed by atoms with Crippen molar-refractivity contribution in [1.29, 1.82) is 0 Å². The minimum atomic E-state index is -0.322. The molecule has 12 heavy (non-hydrogen) atoms. The second-order valence-electron chi connectivity index (χ2n) is 2.73. The molecular formula is C7H12N2O2S. The highest BCUT2D eigenvalue weighted by molar-refractivity contribution is 8.15. The fourth-order valence-electron chi connectivity index (χ4n) is 1.11. The Balaban J connectivity index is 2.51. The molecule has 5 heteroatoms. The van der Waals surface area contributed by atoms with E-state index in [0.717, 1.165) is 24.7 Å². The smallest absolute Gasteiger partial charge is 0.286 e. The van der Waals surface area contributed by atoms with Gasteiger partial charge in [0, 0.05) is 0 Å². The van der Waals surface area contributed by atoms with Crippen LogP contribution in [0, 0.1) is 0 Å². The monoisotopic (exact) mass is 188 g/mol. The predicted molar refractivity (Wildman–Crippen MR) is 47.8 cm³/mol. The number of nitrogens with zero attached hydrogens (tertiary/aromatic N) is 1. The summed E-state index contributed by atoms with van der Waals surface area (Å²) in [6.07, 6.45) is 0.981. The molecule has 0 radical (unpaired) electrons. The molecule has 1 heterocycles. The number of carbonyl (C=O) groups is 2. The maximum Gasteiger partial charge on any atom is 0.287 e. The molecule has 2 amide bonds. The van der Waals surface area contributed by atoms with E-state index < -0.39 is 0 Å². The number of rotatable bonds is 3. The molecule has 1 N–H and O–H groups in total. The molecular weight excluding hydrogens is 176 g/mol. The molecule has 0 saturated carbocycles. The molecule has 0 aromatic carbocycles. The number of amides is 2. The third-order valence-corrected chi connectivity index (χ3v) is 2.76. The molecule has 1 unspecified atom stereocenters. The molecule has 1 atom stereocenters. The summed E-state index contributed by atoms with van der Waals surface area (Å²) in [5.41, 5.74) is 0. The molecule has 1 aliphatic rings. The van der Waals surface area contributed by atoms with E-state index in [1.54, 1.807) is 0 Å². The summed E-state index contributed by atoms with van der Waals surface area (Å²) < 4.78 is 0. The molecule has 1 saturated heterocycles. The van der Waals surface area contributed by atoms with E-state index in [1.807, 2.05) is 18.9 Å². The van der Waals surface area contributed by atoms with Gasteiger partial charge in [0.25, 0.3) is 11.1 Å². The number of thioether (sulfide) groups is 1. The van der Waals surface area contributed by atoms with Crippen LogP contribution in [0.15, 0.2) is 0 Å². The molecule has 68 valence electrons. The van der Waals surface area contributed by atoms with Crippen LogP contribution < -0.4 is 5.32 Å². The molecule has 0 aromatic heterocycles. The van der Waals surface area contributed by atoms with Gasteiger partial charge in [0.2, 0.25) is 0 Å². The van der Waals surface area contributed by atoms with Crippen LogP contribution in [0.2, 0.25) is 0 Å². The lowest BCUT2D eigenvalue weighted by molar-refractivity contribution is -0.121. The van der Waals surface area contributed by atoms with Crippen molar-refractivity contribution in [1.82, 2.24) is 10.2 Å². The van der Waals surface area contributed by atoms with E-state index in [0.29, 0.717) is 0 Å². The molecule has 1 fully saturated rings. The van der Waals surface area contributed by atoms with E-state index in [2.05, 4.69) is 5.32 Å². The van der Waals surface area contributed by atoms with Crippen LogP contribution in [0.3, 0.4) is 0 Å². The summed E-state index contributed by atoms with van der Waals surface area (Å²) in [5, 5.41) is 1.69. The molecule has 0 spiro atoms. The first kappa shape index (κ1) is 9.54. The van der Waals surface area contributed by atoms with E-state index >= 15 is 0 Å². The molecule has 4 nitrogen and oxygen atoms in total. The summed E-state index contributed by atoms with van der Waals surface area (Å²) in [6, 6.07) is 0. The van der Waals surface area contributed by atoms with Gasteiger partial charge in [-0.1, -0.05) is 6.92 Å². The lowest BCUT2D eigenvalue weighted by Gasteiger charge is -2.18. The summed E-state index contributed by atoms with van der Waals surface area (Å²) in [5.74, 6) is -0.194. The minimum Gasteiger partial charge on any atom is -0.286 e. The van der Waals surface area contributed by atoms with Gasteiger partial charge in [0.05, 0.1) is 0 Å². The van der Waals surface area contributed by atoms with Gasteiger partial charge in [-0.2, -0.15) is 0 Å². The summed E-state index contributed by atoms with van der Waals surface area (Å²) >= 11 is 1.05. The number of carbonyl (C=O) groups excluding carboxylic acids is 2. The number of hydrogen-bond donors (Lipinski definition) is 1. The van der Waals surface area contributed by atoms with Gasteiger partial charge in [0.1, 0.15) is 5.37 Å². The van der Waals surface area contributed by atoms with E-state index in [9.17, 15) is 9.59 Å². The van der Waals surface area contributed by atoms with Crippen molar-refractivity contribution in [2.75, 3.05) is 13.6 Å². The third-order valence-electron chi connectivity index (χ3n) is 1.64. The standard InChI is InChI=1S/C7H12N2O2S/c1-3-4-9(2)6-5(10)8-7(11)12-6/h6H,3-4H2,1-2H3,(H,8,10,11). The lowest BCUT2D eigenvalue weighted by atomic mass is 10.4. The van der Waals surface area contributed by atoms with Gasteiger partial charge in [-0.3, -0.25) is 19.8 Å². The molecule has 0 bridgehead atoms. The van der Waals surface area contributed by atoms with Crippen LogP contribution in [-0.4, -0.2) is 35.0 Å². The number of hydrogen-bond acceptors (Lipinski definition) is 4. The summed E-state index contributed by atoms with van der Waals surface area (Å²) in [4.78, 5) is 23.8. The zero-order valence-corrected chi connectivity index (χ0v) is 7.98. The first-order chi connectivity index (χ1) is 5.65. The first-order valence-electron chi connectivity index (χ1n) is 3.87. The number of likely N-dealkylation sites (N-methyl/N-ethyl adjacent to an activating group) is 1. The van der Waals surface area contributed by atoms with Crippen molar-refractivity contribution in [3.05, 3.63) is 0 Å². The largest absolute Gasteiger partial charge is 0.287 e. The second kappa shape index (κ2) is 3.91. The number of nitrogens with one attached hydrogen (secondary N) is 1. The lowest BCUT2D eigenvalue weighted by Crippen LogP contribution is -2.37. The summed E-state index contributed by atoms with van der Waals surface area (Å²) in [7, 11) is 1.85. The Morgan fingerprint density at radius 1 is 1.58 bits per heavy atom. The highest BCUT2D eigenvalue weighted by Crippen LogP contribution is 2.21. The topological polar surface area (TPSA) is 49.4 Å². The van der Waals surface area contributed by atoms with Crippen molar-refractivity contribution >= 4 is 22.9 Å². The van der Waals surface area contributed by atoms with Gasteiger partial charge in [0.15, 0.2) is 0 Å². The second-order valence-corrected chi connectivity index (χ2v) is 3.78. The van der Waals surface area contributed by atoms with Gasteiger partial charge in [-0.15, -0.1) is 0 Å². The van der Waals surface area contributed by atoms with Gasteiger partial charge in [-0.25, -0.2) is 0 Å². The Hall–Kier alpha value is -0.550. The fraction of sp³-hybridized carbons (Fsp3) is 0.714. The van der Waals surface area contributed by atoms with Gasteiger partial charge >= 0.3 is 0 Å². The van der Waals surface area contributed by atoms with Crippen molar-refractivity contribution in [2.45, 2.75) is 18.7 Å². The van der Waals surface area contributed by atoms with E-state index in [1.165, 1.54) is 0 Å². The fourth-order valence-corrected chi connectivity index (χ4v) is 1.92. The Morgan fingerprint density at radius 3 is 2.67 bits per heavy atom. The zero-order chi connectivity index (χ0) is 9.14. The normalized spacial score (nSPS) is 23.4. The Morgan fingerprint density at radius 2 is 2.25 bits per heavy atom. The van der Waals surface area contributed by atoms with E-state index in [-0.39, 0.29) is 16.5 Å². The molecule has 1 rings (SSSR count). The van der Waals surface area contributed by atoms with Crippen LogP contribution in [0.1, 0.15) is 13.3 Å². The Kier molecular flexibility index (Phi) is 3.11. The SMILES string of the molecule is CCCN(C)C1SC(=O)NC1=O. The Labute approximate surface area is 75.7 Å². The Bertz CT molecular complexity index is 208. The quantitative estimate of drug-likeness (QED) is 0.706. The molecule has 0 aromatic rings. The molecule has 0 aliphatic carbocycles. The van der Waals surface area contributed by atoms with Crippen molar-refractivity contribution in [2.24, 2.45) is 0 Å². The van der Waals surface area contributed by atoms with Crippen LogP contribution in [0.5, 0.6) is 0 Å². The average molecular weight is 188 g/mol. The highest BCUT2D eigenvalue weighted by Gasteiger charge is 2.34.